The molecule has 0 aliphatic rings. The van der Waals surface area contributed by atoms with E-state index in [1.165, 1.54) is 11.9 Å². The molecular formula is C16H13N3. The first-order chi connectivity index (χ1) is 9.34. The first-order valence-corrected chi connectivity index (χ1v) is 6.15. The molecule has 0 aliphatic carbocycles. The van der Waals surface area contributed by atoms with Crippen LogP contribution in [0.1, 0.15) is 5.56 Å². The second kappa shape index (κ2) is 4.98. The number of aromatic nitrogens is 3. The van der Waals surface area contributed by atoms with Crippen molar-refractivity contribution in [3.63, 3.8) is 0 Å². The molecule has 3 heteroatoms. The summed E-state index contributed by atoms with van der Waals surface area (Å²) in [5.41, 5.74) is 4.98. The maximum Gasteiger partial charge on any atom is 0.138 e. The van der Waals surface area contributed by atoms with Gasteiger partial charge < -0.3 is 0 Å². The largest absolute Gasteiger partial charge is 0.232 e. The average molecular weight is 247 g/mol. The van der Waals surface area contributed by atoms with E-state index in [2.05, 4.69) is 34.2 Å². The Labute approximate surface area is 112 Å². The lowest BCUT2D eigenvalue weighted by Gasteiger charge is -2.06. The minimum Gasteiger partial charge on any atom is -0.232 e. The molecule has 0 saturated heterocycles. The summed E-state index contributed by atoms with van der Waals surface area (Å²) in [6.07, 6.45) is 1.49. The Kier molecular flexibility index (Phi) is 3.02. The third kappa shape index (κ3) is 2.36. The Morgan fingerprint density at radius 1 is 0.737 bits per heavy atom. The molecule has 0 N–H and O–H groups in total. The van der Waals surface area contributed by atoms with Crippen LogP contribution in [-0.4, -0.2) is 15.2 Å². The molecule has 0 saturated carbocycles. The highest BCUT2D eigenvalue weighted by atomic mass is 15.1. The number of aryl methyl sites for hydroxylation is 1. The SMILES string of the molecule is Cc1ccc(-c2nncnc2-c2ccccc2)cc1. The van der Waals surface area contributed by atoms with E-state index in [4.69, 9.17) is 0 Å². The zero-order chi connectivity index (χ0) is 13.1. The molecule has 0 amide bonds. The van der Waals surface area contributed by atoms with Crippen molar-refractivity contribution in [3.8, 4) is 22.5 Å². The van der Waals surface area contributed by atoms with E-state index in [0.29, 0.717) is 0 Å². The third-order valence-corrected chi connectivity index (χ3v) is 2.99. The summed E-state index contributed by atoms with van der Waals surface area (Å²) < 4.78 is 0. The van der Waals surface area contributed by atoms with Crippen LogP contribution in [0, 0.1) is 6.92 Å². The highest BCUT2D eigenvalue weighted by Gasteiger charge is 2.10. The maximum absolute atomic E-state index is 4.37. The highest BCUT2D eigenvalue weighted by molar-refractivity contribution is 5.77. The van der Waals surface area contributed by atoms with Crippen LogP contribution in [0.25, 0.3) is 22.5 Å². The molecule has 1 heterocycles. The molecular weight excluding hydrogens is 234 g/mol. The fraction of sp³-hybridized carbons (Fsp3) is 0.0625. The van der Waals surface area contributed by atoms with Crippen LogP contribution in [-0.2, 0) is 0 Å². The quantitative estimate of drug-likeness (QED) is 0.695. The fourth-order valence-corrected chi connectivity index (χ4v) is 1.99. The lowest BCUT2D eigenvalue weighted by molar-refractivity contribution is 0.981. The van der Waals surface area contributed by atoms with Gasteiger partial charge in [0.25, 0.3) is 0 Å². The van der Waals surface area contributed by atoms with Crippen molar-refractivity contribution in [2.45, 2.75) is 6.92 Å². The summed E-state index contributed by atoms with van der Waals surface area (Å²) in [5.74, 6) is 0. The second-order valence-corrected chi connectivity index (χ2v) is 4.39. The van der Waals surface area contributed by atoms with Gasteiger partial charge in [0.05, 0.1) is 0 Å². The number of nitrogens with zero attached hydrogens (tertiary/aromatic N) is 3. The van der Waals surface area contributed by atoms with Crippen molar-refractivity contribution in [1.82, 2.24) is 15.2 Å². The Bertz CT molecular complexity index is 676. The summed E-state index contributed by atoms with van der Waals surface area (Å²) in [4.78, 5) is 4.37. The Morgan fingerprint density at radius 2 is 1.42 bits per heavy atom. The molecule has 92 valence electrons. The molecule has 0 spiro atoms. The van der Waals surface area contributed by atoms with Gasteiger partial charge in [-0.05, 0) is 6.92 Å². The van der Waals surface area contributed by atoms with Gasteiger partial charge in [0.15, 0.2) is 0 Å². The molecule has 3 rings (SSSR count). The summed E-state index contributed by atoms with van der Waals surface area (Å²) in [6, 6.07) is 18.3. The van der Waals surface area contributed by atoms with Crippen molar-refractivity contribution < 1.29 is 0 Å². The van der Waals surface area contributed by atoms with E-state index < -0.39 is 0 Å². The van der Waals surface area contributed by atoms with Crippen LogP contribution >= 0.6 is 0 Å². The fourth-order valence-electron chi connectivity index (χ4n) is 1.99. The van der Waals surface area contributed by atoms with Gasteiger partial charge in [-0.15, -0.1) is 10.2 Å². The molecule has 2 aromatic carbocycles. The van der Waals surface area contributed by atoms with E-state index in [9.17, 15) is 0 Å². The molecule has 19 heavy (non-hydrogen) atoms. The highest BCUT2D eigenvalue weighted by Crippen LogP contribution is 2.27. The van der Waals surface area contributed by atoms with Gasteiger partial charge in [0, 0.05) is 11.1 Å². The van der Waals surface area contributed by atoms with Gasteiger partial charge in [0.2, 0.25) is 0 Å². The van der Waals surface area contributed by atoms with Crippen LogP contribution in [0.3, 0.4) is 0 Å². The van der Waals surface area contributed by atoms with E-state index in [-0.39, 0.29) is 0 Å². The van der Waals surface area contributed by atoms with Crippen molar-refractivity contribution in [1.29, 1.82) is 0 Å². The lowest BCUT2D eigenvalue weighted by Crippen LogP contribution is -1.95. The van der Waals surface area contributed by atoms with E-state index >= 15 is 0 Å². The van der Waals surface area contributed by atoms with E-state index in [0.717, 1.165) is 22.5 Å². The maximum atomic E-state index is 4.37. The zero-order valence-corrected chi connectivity index (χ0v) is 10.6. The molecule has 1 aromatic heterocycles. The molecule has 0 bridgehead atoms. The van der Waals surface area contributed by atoms with Gasteiger partial charge in [-0.1, -0.05) is 60.2 Å². The molecule has 0 atom stereocenters. The molecule has 0 radical (unpaired) electrons. The van der Waals surface area contributed by atoms with E-state index in [1.807, 2.05) is 42.5 Å². The van der Waals surface area contributed by atoms with Crippen molar-refractivity contribution in [3.05, 3.63) is 66.5 Å². The standard InChI is InChI=1S/C16H13N3/c1-12-7-9-14(10-8-12)16-15(17-11-18-19-16)13-5-3-2-4-6-13/h2-11H,1H3. The third-order valence-electron chi connectivity index (χ3n) is 2.99. The second-order valence-electron chi connectivity index (χ2n) is 4.39. The zero-order valence-electron chi connectivity index (χ0n) is 10.6. The smallest absolute Gasteiger partial charge is 0.138 e. The van der Waals surface area contributed by atoms with Crippen LogP contribution < -0.4 is 0 Å². The Balaban J connectivity index is 2.15. The van der Waals surface area contributed by atoms with Crippen molar-refractivity contribution >= 4 is 0 Å². The molecule has 3 aromatic rings. The first-order valence-electron chi connectivity index (χ1n) is 6.15. The van der Waals surface area contributed by atoms with Gasteiger partial charge in [-0.25, -0.2) is 4.98 Å². The number of hydrogen-bond acceptors (Lipinski definition) is 3. The van der Waals surface area contributed by atoms with Gasteiger partial charge in [-0.2, -0.15) is 0 Å². The predicted molar refractivity (Wildman–Crippen MR) is 75.4 cm³/mol. The summed E-state index contributed by atoms with van der Waals surface area (Å²) in [7, 11) is 0. The Hall–Kier alpha value is -2.55. The minimum atomic E-state index is 0.814. The van der Waals surface area contributed by atoms with Crippen LogP contribution in [0.5, 0.6) is 0 Å². The van der Waals surface area contributed by atoms with Crippen LogP contribution in [0.2, 0.25) is 0 Å². The van der Waals surface area contributed by atoms with Crippen LogP contribution in [0.4, 0.5) is 0 Å². The summed E-state index contributed by atoms with van der Waals surface area (Å²) in [5, 5.41) is 8.15. The molecule has 3 nitrogen and oxygen atoms in total. The molecule has 0 aliphatic heterocycles. The predicted octanol–water partition coefficient (Wildman–Crippen LogP) is 3.51. The summed E-state index contributed by atoms with van der Waals surface area (Å²) >= 11 is 0. The van der Waals surface area contributed by atoms with E-state index in [1.54, 1.807) is 0 Å². The topological polar surface area (TPSA) is 38.7 Å². The normalized spacial score (nSPS) is 10.4. The van der Waals surface area contributed by atoms with Crippen molar-refractivity contribution in [2.75, 3.05) is 0 Å². The Morgan fingerprint density at radius 3 is 2.16 bits per heavy atom. The molecule has 0 fully saturated rings. The monoisotopic (exact) mass is 247 g/mol. The van der Waals surface area contributed by atoms with Gasteiger partial charge in [-0.3, -0.25) is 0 Å². The van der Waals surface area contributed by atoms with Gasteiger partial charge in [0.1, 0.15) is 17.7 Å². The number of rotatable bonds is 2. The number of hydrogen-bond donors (Lipinski definition) is 0. The van der Waals surface area contributed by atoms with Crippen LogP contribution in [0.15, 0.2) is 60.9 Å². The lowest BCUT2D eigenvalue weighted by atomic mass is 10.0. The van der Waals surface area contributed by atoms with Gasteiger partial charge >= 0.3 is 0 Å². The minimum absolute atomic E-state index is 0.814. The molecule has 0 unspecified atom stereocenters. The summed E-state index contributed by atoms with van der Waals surface area (Å²) in [6.45, 7) is 2.07. The average Bonchev–Trinajstić information content (AvgIpc) is 2.49. The number of benzene rings is 2. The first kappa shape index (κ1) is 11.5. The van der Waals surface area contributed by atoms with Crippen molar-refractivity contribution in [2.24, 2.45) is 0 Å².